The number of hydroxylamine groups is 1. The van der Waals surface area contributed by atoms with Crippen molar-refractivity contribution in [3.63, 3.8) is 0 Å². The molecule has 2 amide bonds. The fourth-order valence-corrected chi connectivity index (χ4v) is 3.42. The van der Waals surface area contributed by atoms with E-state index < -0.39 is 24.0 Å². The van der Waals surface area contributed by atoms with E-state index in [4.69, 9.17) is 9.94 Å². The largest absolute Gasteiger partial charge is 0.391 e. The highest BCUT2D eigenvalue weighted by Crippen LogP contribution is 2.10. The van der Waals surface area contributed by atoms with Crippen molar-refractivity contribution in [1.82, 2.24) is 15.7 Å². The zero-order chi connectivity index (χ0) is 24.3. The molecule has 0 aliphatic carbocycles. The van der Waals surface area contributed by atoms with Gasteiger partial charge in [-0.05, 0) is 54.5 Å². The Morgan fingerprint density at radius 1 is 1.12 bits per heavy atom. The topological polar surface area (TPSA) is 111 Å². The zero-order valence-electron chi connectivity index (χ0n) is 19.0. The van der Waals surface area contributed by atoms with E-state index >= 15 is 0 Å². The Labute approximate surface area is 199 Å². The number of carbonyl (C=O) groups excluding carboxylic acids is 2. The number of hydrogen-bond acceptors (Lipinski definition) is 6. The molecule has 2 aromatic carbocycles. The Bertz CT molecular complexity index is 1050. The lowest BCUT2D eigenvalue weighted by molar-refractivity contribution is -0.133. The van der Waals surface area contributed by atoms with Crippen molar-refractivity contribution in [2.24, 2.45) is 0 Å². The first-order chi connectivity index (χ1) is 16.5. The first-order valence-electron chi connectivity index (χ1n) is 11.1. The van der Waals surface area contributed by atoms with Crippen molar-refractivity contribution in [1.29, 1.82) is 0 Å². The molecule has 1 fully saturated rings. The molecule has 1 aliphatic heterocycles. The average Bonchev–Trinajstić information content (AvgIpc) is 2.86. The Kier molecular flexibility index (Phi) is 9.38. The number of aliphatic hydroxyl groups is 1. The maximum absolute atomic E-state index is 12.3. The van der Waals surface area contributed by atoms with Crippen molar-refractivity contribution < 1.29 is 24.6 Å². The summed E-state index contributed by atoms with van der Waals surface area (Å²) in [4.78, 5) is 26.2. The van der Waals surface area contributed by atoms with Gasteiger partial charge < -0.3 is 15.2 Å². The van der Waals surface area contributed by atoms with Crippen molar-refractivity contribution in [2.45, 2.75) is 25.6 Å². The van der Waals surface area contributed by atoms with Gasteiger partial charge in [-0.3, -0.25) is 19.7 Å². The second-order valence-electron chi connectivity index (χ2n) is 7.98. The highest BCUT2D eigenvalue weighted by molar-refractivity contribution is 5.97. The first kappa shape index (κ1) is 25.1. The van der Waals surface area contributed by atoms with E-state index in [0.717, 1.165) is 44.0 Å². The number of benzene rings is 2. The molecule has 1 heterocycles. The molecule has 0 spiro atoms. The predicted octanol–water partition coefficient (Wildman–Crippen LogP) is 1.57. The van der Waals surface area contributed by atoms with Gasteiger partial charge in [0.25, 0.3) is 11.8 Å². The van der Waals surface area contributed by atoms with Crippen LogP contribution in [-0.4, -0.2) is 65.5 Å². The minimum Gasteiger partial charge on any atom is -0.391 e. The summed E-state index contributed by atoms with van der Waals surface area (Å²) in [6, 6.07) is 13.7. The van der Waals surface area contributed by atoms with Crippen LogP contribution in [0.25, 0.3) is 6.08 Å². The molecule has 8 heteroatoms. The zero-order valence-corrected chi connectivity index (χ0v) is 19.0. The summed E-state index contributed by atoms with van der Waals surface area (Å²) < 4.78 is 5.38. The van der Waals surface area contributed by atoms with Gasteiger partial charge >= 0.3 is 0 Å². The number of aliphatic hydroxyl groups excluding tert-OH is 1. The van der Waals surface area contributed by atoms with Gasteiger partial charge in [0, 0.05) is 30.8 Å². The molecule has 8 nitrogen and oxygen atoms in total. The minimum atomic E-state index is -1.27. The van der Waals surface area contributed by atoms with Gasteiger partial charge in [0.1, 0.15) is 6.04 Å². The third-order valence-electron chi connectivity index (χ3n) is 5.37. The third kappa shape index (κ3) is 7.54. The first-order valence-corrected chi connectivity index (χ1v) is 11.1. The third-order valence-corrected chi connectivity index (χ3v) is 5.37. The molecule has 178 valence electrons. The number of nitrogens with one attached hydrogen (secondary N) is 2. The Hall–Kier alpha value is -3.48. The van der Waals surface area contributed by atoms with Crippen LogP contribution in [0.2, 0.25) is 0 Å². The lowest BCUT2D eigenvalue weighted by Crippen LogP contribution is -2.51. The van der Waals surface area contributed by atoms with Gasteiger partial charge in [-0.1, -0.05) is 36.1 Å². The van der Waals surface area contributed by atoms with E-state index in [-0.39, 0.29) is 0 Å². The summed E-state index contributed by atoms with van der Waals surface area (Å²) in [5.74, 6) is 4.54. The fourth-order valence-electron chi connectivity index (χ4n) is 3.42. The molecule has 1 aliphatic rings. The maximum atomic E-state index is 12.3. The van der Waals surface area contributed by atoms with Crippen LogP contribution in [0.1, 0.15) is 34.0 Å². The lowest BCUT2D eigenvalue weighted by Gasteiger charge is -2.26. The number of hydrogen-bond donors (Lipinski definition) is 4. The highest BCUT2D eigenvalue weighted by atomic mass is 16.5. The van der Waals surface area contributed by atoms with Crippen LogP contribution in [0, 0.1) is 11.8 Å². The van der Waals surface area contributed by atoms with Crippen LogP contribution >= 0.6 is 0 Å². The summed E-state index contributed by atoms with van der Waals surface area (Å²) in [5.41, 5.74) is 4.78. The molecule has 1 saturated heterocycles. The van der Waals surface area contributed by atoms with E-state index in [1.54, 1.807) is 30.3 Å². The summed E-state index contributed by atoms with van der Waals surface area (Å²) in [5, 5.41) is 20.7. The fraction of sp³-hybridized carbons (Fsp3) is 0.308. The molecule has 2 aromatic rings. The van der Waals surface area contributed by atoms with Crippen LogP contribution in [0.15, 0.2) is 54.6 Å². The molecule has 4 N–H and O–H groups in total. The maximum Gasteiger partial charge on any atom is 0.268 e. The number of morpholine rings is 1. The average molecular weight is 464 g/mol. The van der Waals surface area contributed by atoms with Crippen LogP contribution in [0.3, 0.4) is 0 Å². The standard InChI is InChI=1S/C26H29N3O5/c1-19(30)24(26(32)28-33)27-25(31)23-12-10-21(11-13-23)5-3-2-4-20-6-8-22(9-7-20)18-29-14-16-34-17-15-29/h2,4,6-13,19,24,30,33H,14-18H2,1H3,(H,27,31)(H,28,32)/t19-,24+/m1/s1. The smallest absolute Gasteiger partial charge is 0.268 e. The van der Waals surface area contributed by atoms with Gasteiger partial charge in [-0.25, -0.2) is 5.48 Å². The molecule has 0 saturated carbocycles. The summed E-state index contributed by atoms with van der Waals surface area (Å²) in [6.45, 7) is 5.78. The van der Waals surface area contributed by atoms with Gasteiger partial charge in [-0.2, -0.15) is 0 Å². The number of rotatable bonds is 7. The SMILES string of the molecule is C[C@@H](O)[C@H](NC(=O)c1ccc(C#CC=Cc2ccc(CN3CCOCC3)cc2)cc1)C(=O)NO. The van der Waals surface area contributed by atoms with Crippen molar-refractivity contribution in [3.05, 3.63) is 76.9 Å². The number of ether oxygens (including phenoxy) is 1. The van der Waals surface area contributed by atoms with Crippen molar-refractivity contribution in [3.8, 4) is 11.8 Å². The number of nitrogens with zero attached hydrogens (tertiary/aromatic N) is 1. The van der Waals surface area contributed by atoms with Gasteiger partial charge in [-0.15, -0.1) is 0 Å². The second kappa shape index (κ2) is 12.7. The van der Waals surface area contributed by atoms with Crippen molar-refractivity contribution in [2.75, 3.05) is 26.3 Å². The quantitative estimate of drug-likeness (QED) is 0.282. The Balaban J connectivity index is 1.53. The summed E-state index contributed by atoms with van der Waals surface area (Å²) in [7, 11) is 0. The molecule has 2 atom stereocenters. The molecular weight excluding hydrogens is 434 g/mol. The number of carbonyl (C=O) groups is 2. The predicted molar refractivity (Wildman–Crippen MR) is 128 cm³/mol. The molecule has 0 radical (unpaired) electrons. The van der Waals surface area contributed by atoms with E-state index in [1.165, 1.54) is 18.0 Å². The van der Waals surface area contributed by atoms with Crippen LogP contribution in [0.4, 0.5) is 0 Å². The summed E-state index contributed by atoms with van der Waals surface area (Å²) >= 11 is 0. The van der Waals surface area contributed by atoms with E-state index in [0.29, 0.717) is 5.56 Å². The van der Waals surface area contributed by atoms with Gasteiger partial charge in [0.15, 0.2) is 0 Å². The molecular formula is C26H29N3O5. The molecule has 0 bridgehead atoms. The van der Waals surface area contributed by atoms with E-state index in [2.05, 4.69) is 46.3 Å². The van der Waals surface area contributed by atoms with E-state index in [9.17, 15) is 14.7 Å². The number of amides is 2. The van der Waals surface area contributed by atoms with Crippen LogP contribution < -0.4 is 10.8 Å². The molecule has 3 rings (SSSR count). The van der Waals surface area contributed by atoms with Crippen LogP contribution in [0.5, 0.6) is 0 Å². The van der Waals surface area contributed by atoms with Crippen molar-refractivity contribution >= 4 is 17.9 Å². The summed E-state index contributed by atoms with van der Waals surface area (Å²) in [6.07, 6.45) is 2.54. The minimum absolute atomic E-state index is 0.301. The molecule has 34 heavy (non-hydrogen) atoms. The Morgan fingerprint density at radius 3 is 2.41 bits per heavy atom. The van der Waals surface area contributed by atoms with Gasteiger partial charge in [0.2, 0.25) is 0 Å². The van der Waals surface area contributed by atoms with Gasteiger partial charge in [0.05, 0.1) is 19.3 Å². The lowest BCUT2D eigenvalue weighted by atomic mass is 10.1. The normalized spacial score (nSPS) is 15.7. The molecule has 0 aromatic heterocycles. The Morgan fingerprint density at radius 2 is 1.79 bits per heavy atom. The van der Waals surface area contributed by atoms with E-state index in [1.807, 2.05) is 6.08 Å². The van der Waals surface area contributed by atoms with Crippen LogP contribution in [-0.2, 0) is 16.1 Å². The highest BCUT2D eigenvalue weighted by Gasteiger charge is 2.25. The molecule has 0 unspecified atom stereocenters. The monoisotopic (exact) mass is 463 g/mol. The second-order valence-corrected chi connectivity index (χ2v) is 7.98. The number of allylic oxidation sites excluding steroid dienone is 1.